The molecule has 14 heteroatoms. The molecule has 0 saturated heterocycles. The second-order valence-corrected chi connectivity index (χ2v) is 9.68. The van der Waals surface area contributed by atoms with Crippen LogP contribution in [0.25, 0.3) is 0 Å². The number of halogens is 1. The number of nitrogens with two attached hydrogens (primary N) is 1. The largest absolute Gasteiger partial charge is 0.481 e. The molecule has 5 N–H and O–H groups in total. The Labute approximate surface area is 207 Å². The zero-order valence-corrected chi connectivity index (χ0v) is 22.2. The summed E-state index contributed by atoms with van der Waals surface area (Å²) in [5.74, 6) is -2.39. The molecule has 0 radical (unpaired) electrons. The number of carboxylic acid groups (broad SMARTS) is 2. The van der Waals surface area contributed by atoms with Crippen LogP contribution < -0.4 is 10.5 Å². The Kier molecular flexibility index (Phi) is 15.1. The summed E-state index contributed by atoms with van der Waals surface area (Å²) in [7, 11) is -2.60. The van der Waals surface area contributed by atoms with Crippen LogP contribution in [0.1, 0.15) is 19.4 Å². The van der Waals surface area contributed by atoms with E-state index in [4.69, 9.17) is 15.9 Å². The third-order valence-corrected chi connectivity index (χ3v) is 6.96. The number of hydrogen-bond donors (Lipinski definition) is 6. The molecule has 184 valence electrons. The number of benzene rings is 1. The Morgan fingerprint density at radius 3 is 1.81 bits per heavy atom. The van der Waals surface area contributed by atoms with Crippen molar-refractivity contribution in [2.45, 2.75) is 36.7 Å². The van der Waals surface area contributed by atoms with Crippen LogP contribution in [-0.2, 0) is 29.1 Å². The van der Waals surface area contributed by atoms with E-state index in [1.807, 2.05) is 6.92 Å². The van der Waals surface area contributed by atoms with E-state index >= 15 is 0 Å². The predicted molar refractivity (Wildman–Crippen MR) is 131 cm³/mol. The highest BCUT2D eigenvalue weighted by Crippen LogP contribution is 2.16. The normalized spacial score (nSPS) is 14.2. The highest BCUT2D eigenvalue weighted by Gasteiger charge is 2.37. The van der Waals surface area contributed by atoms with E-state index in [9.17, 15) is 22.8 Å². The van der Waals surface area contributed by atoms with Crippen LogP contribution in [-0.4, -0.2) is 71.6 Å². The van der Waals surface area contributed by atoms with Crippen molar-refractivity contribution < 1.29 is 37.8 Å². The van der Waals surface area contributed by atoms with Gasteiger partial charge >= 0.3 is 17.9 Å². The van der Waals surface area contributed by atoms with Crippen molar-refractivity contribution in [3.8, 4) is 0 Å². The van der Waals surface area contributed by atoms with Gasteiger partial charge in [0.1, 0.15) is 16.4 Å². The summed E-state index contributed by atoms with van der Waals surface area (Å²) in [6.07, 6.45) is 0. The third-order valence-electron chi connectivity index (χ3n) is 3.57. The fourth-order valence-corrected chi connectivity index (χ4v) is 3.32. The summed E-state index contributed by atoms with van der Waals surface area (Å²) in [4.78, 5) is 31.1. The summed E-state index contributed by atoms with van der Waals surface area (Å²) < 4.78 is 31.3. The number of sulfonamides is 1. The number of ether oxygens (including phenoxy) is 1. The fourth-order valence-electron chi connectivity index (χ4n) is 1.50. The number of carboxylic acids is 2. The van der Waals surface area contributed by atoms with Gasteiger partial charge in [0, 0.05) is 11.5 Å². The van der Waals surface area contributed by atoms with E-state index in [-0.39, 0.29) is 21.7 Å². The lowest BCUT2D eigenvalue weighted by molar-refractivity contribution is -0.146. The molecule has 0 spiro atoms. The lowest BCUT2D eigenvalue weighted by Gasteiger charge is -2.25. The molecule has 10 nitrogen and oxygen atoms in total. The molecule has 0 amide bonds. The first kappa shape index (κ1) is 32.9. The molecule has 0 saturated carbocycles. The summed E-state index contributed by atoms with van der Waals surface area (Å²) in [6, 6.07) is 6.33. The second kappa shape index (κ2) is 14.8. The number of aryl methyl sites for hydroxylation is 1. The maximum atomic E-state index is 12.2. The minimum atomic E-state index is -3.80. The van der Waals surface area contributed by atoms with Gasteiger partial charge in [-0.2, -0.15) is 30.0 Å². The molecule has 0 aliphatic carbocycles. The zero-order valence-electron chi connectivity index (χ0n) is 18.0. The Balaban J connectivity index is 0. The van der Waals surface area contributed by atoms with Crippen molar-refractivity contribution in [2.75, 3.05) is 23.9 Å². The number of carbonyl (C=O) groups is 3. The number of carbonyl (C=O) groups excluding carboxylic acids is 1. The monoisotopic (exact) mass is 576 g/mol. The van der Waals surface area contributed by atoms with Gasteiger partial charge in [-0.25, -0.2) is 8.42 Å². The highest BCUT2D eigenvalue weighted by atomic mass is 79.9. The minimum Gasteiger partial charge on any atom is -0.481 e. The molecule has 0 aliphatic rings. The van der Waals surface area contributed by atoms with Crippen molar-refractivity contribution in [3.05, 3.63) is 29.8 Å². The first-order valence-electron chi connectivity index (χ1n) is 8.73. The van der Waals surface area contributed by atoms with Crippen molar-refractivity contribution in [1.82, 2.24) is 4.72 Å². The van der Waals surface area contributed by atoms with Gasteiger partial charge in [-0.05, 0) is 32.9 Å². The molecular weight excluding hydrogens is 548 g/mol. The van der Waals surface area contributed by atoms with E-state index in [1.54, 1.807) is 12.1 Å². The molecule has 0 bridgehead atoms. The van der Waals surface area contributed by atoms with Gasteiger partial charge in [-0.3, -0.25) is 14.4 Å². The molecule has 32 heavy (non-hydrogen) atoms. The first-order chi connectivity index (χ1) is 14.5. The number of hydrogen-bond acceptors (Lipinski definition) is 9. The van der Waals surface area contributed by atoms with E-state index in [0.717, 1.165) is 5.56 Å². The van der Waals surface area contributed by atoms with Crippen molar-refractivity contribution in [1.29, 1.82) is 0 Å². The minimum absolute atomic E-state index is 0.00916. The number of alkyl halides is 1. The second-order valence-electron chi connectivity index (χ2n) is 6.81. The first-order valence-corrected chi connectivity index (χ1v) is 12.6. The SMILES string of the molecule is CC(N)(CS)C(=O)O.COC(=O)C(C)(CS)NS(=O)(=O)c1ccc(C)cc1.O=C(O)CBr. The molecule has 2 atom stereocenters. The molecule has 0 heterocycles. The lowest BCUT2D eigenvalue weighted by atomic mass is 10.1. The van der Waals surface area contributed by atoms with Crippen LogP contribution in [0.15, 0.2) is 29.2 Å². The molecule has 0 aromatic heterocycles. The smallest absolute Gasteiger partial charge is 0.327 e. The van der Waals surface area contributed by atoms with Crippen LogP contribution in [0.2, 0.25) is 0 Å². The Morgan fingerprint density at radius 2 is 1.56 bits per heavy atom. The molecule has 0 aliphatic heterocycles. The molecule has 1 aromatic rings. The molecule has 1 aromatic carbocycles. The van der Waals surface area contributed by atoms with Crippen LogP contribution in [0.4, 0.5) is 0 Å². The van der Waals surface area contributed by atoms with Crippen molar-refractivity contribution >= 4 is 69.1 Å². The highest BCUT2D eigenvalue weighted by molar-refractivity contribution is 9.09. The molecule has 1 rings (SSSR count). The molecule has 0 fully saturated rings. The average Bonchev–Trinajstić information content (AvgIpc) is 2.73. The Bertz CT molecular complexity index is 863. The summed E-state index contributed by atoms with van der Waals surface area (Å²) in [5, 5.41) is 16.0. The maximum absolute atomic E-state index is 12.2. The van der Waals surface area contributed by atoms with Gasteiger partial charge in [-0.1, -0.05) is 33.6 Å². The van der Waals surface area contributed by atoms with E-state index in [2.05, 4.69) is 50.6 Å². The standard InChI is InChI=1S/C12H17NO4S2.C4H9NO2S.C2H3BrO2/c1-9-4-6-10(7-5-9)19(15,16)13-12(2,8-18)11(14)17-3;1-4(5,2-8)3(6)7;3-1-2(4)5/h4-7,13,18H,8H2,1-3H3;8H,2,5H2,1H3,(H,6,7);1H2,(H,4,5). The number of aliphatic carboxylic acids is 2. The topological polar surface area (TPSA) is 173 Å². The van der Waals surface area contributed by atoms with Gasteiger partial charge < -0.3 is 20.7 Å². The van der Waals surface area contributed by atoms with E-state index in [0.29, 0.717) is 0 Å². The van der Waals surface area contributed by atoms with Gasteiger partial charge in [0.15, 0.2) is 0 Å². The van der Waals surface area contributed by atoms with Gasteiger partial charge in [-0.15, -0.1) is 0 Å². The summed E-state index contributed by atoms with van der Waals surface area (Å²) in [5.41, 5.74) is 3.55. The Hall–Kier alpha value is -1.32. The quantitative estimate of drug-likeness (QED) is 0.151. The number of nitrogens with one attached hydrogen (secondary N) is 1. The van der Waals surface area contributed by atoms with Gasteiger partial charge in [0.25, 0.3) is 0 Å². The fraction of sp³-hybridized carbons (Fsp3) is 0.500. The zero-order chi connectivity index (χ0) is 25.8. The van der Waals surface area contributed by atoms with Crippen molar-refractivity contribution in [2.24, 2.45) is 5.73 Å². The van der Waals surface area contributed by atoms with Crippen molar-refractivity contribution in [3.63, 3.8) is 0 Å². The van der Waals surface area contributed by atoms with E-state index < -0.39 is 39.0 Å². The lowest BCUT2D eigenvalue weighted by Crippen LogP contribution is -2.54. The number of thiol groups is 2. The third kappa shape index (κ3) is 12.1. The van der Waals surface area contributed by atoms with E-state index in [1.165, 1.54) is 33.1 Å². The Morgan fingerprint density at radius 1 is 1.12 bits per heavy atom. The number of esters is 1. The number of methoxy groups -OCH3 is 1. The maximum Gasteiger partial charge on any atom is 0.327 e. The molecular formula is C18H29BrN2O8S3. The molecule has 2 unspecified atom stereocenters. The average molecular weight is 578 g/mol. The van der Waals surface area contributed by atoms with Gasteiger partial charge in [0.2, 0.25) is 10.0 Å². The van der Waals surface area contributed by atoms with Crippen LogP contribution >= 0.6 is 41.2 Å². The van der Waals surface area contributed by atoms with Crippen LogP contribution in [0.3, 0.4) is 0 Å². The predicted octanol–water partition coefficient (Wildman–Crippen LogP) is 1.32. The summed E-state index contributed by atoms with van der Waals surface area (Å²) in [6.45, 7) is 4.70. The van der Waals surface area contributed by atoms with Crippen LogP contribution in [0.5, 0.6) is 0 Å². The number of rotatable bonds is 8. The summed E-state index contributed by atoms with van der Waals surface area (Å²) >= 11 is 10.5. The van der Waals surface area contributed by atoms with Gasteiger partial charge in [0.05, 0.1) is 12.0 Å². The van der Waals surface area contributed by atoms with Crippen LogP contribution in [0, 0.1) is 6.92 Å².